The molecule has 2 aliphatic heterocycles. The minimum atomic E-state index is -1.09. The van der Waals surface area contributed by atoms with E-state index in [0.29, 0.717) is 0 Å². The molecule has 0 N–H and O–H groups in total. The predicted molar refractivity (Wildman–Crippen MR) is 320 cm³/mol. The molecule has 0 radical (unpaired) electrons. The fraction of sp³-hybridized carbons (Fsp3) is 0.0137. The van der Waals surface area contributed by atoms with Crippen molar-refractivity contribution >= 4 is 40.9 Å². The molecule has 12 aromatic rings. The van der Waals surface area contributed by atoms with Crippen molar-refractivity contribution in [3.8, 4) is 67.5 Å². The lowest BCUT2D eigenvalue weighted by Gasteiger charge is -2.45. The maximum absolute atomic E-state index is 7.27. The van der Waals surface area contributed by atoms with E-state index in [1.54, 1.807) is 0 Å². The molecule has 0 aliphatic carbocycles. The van der Waals surface area contributed by atoms with E-state index >= 15 is 0 Å². The van der Waals surface area contributed by atoms with E-state index in [1.165, 1.54) is 38.2 Å². The molecule has 0 bridgehead atoms. The van der Waals surface area contributed by atoms with Gasteiger partial charge in [0, 0.05) is 39.3 Å². The van der Waals surface area contributed by atoms with Crippen molar-refractivity contribution in [1.29, 1.82) is 0 Å². The van der Waals surface area contributed by atoms with Gasteiger partial charge in [-0.25, -0.2) is 0 Å². The number of rotatable bonds is 10. The van der Waals surface area contributed by atoms with Gasteiger partial charge in [-0.05, 0) is 141 Å². The first kappa shape index (κ1) is 46.0. The van der Waals surface area contributed by atoms with Crippen molar-refractivity contribution in [1.82, 2.24) is 0 Å². The first-order chi connectivity index (χ1) is 38.2. The molecule has 0 fully saturated rings. The molecule has 77 heavy (non-hydrogen) atoms. The largest absolute Gasteiger partial charge is 0.457 e. The summed E-state index contributed by atoms with van der Waals surface area (Å²) in [4.78, 5) is 2.39. The molecule has 364 valence electrons. The van der Waals surface area contributed by atoms with Crippen LogP contribution in [0.25, 0.3) is 44.5 Å². The van der Waals surface area contributed by atoms with Crippen molar-refractivity contribution < 1.29 is 9.47 Å². The van der Waals surface area contributed by atoms with E-state index in [-0.39, 0.29) is 0 Å². The van der Waals surface area contributed by atoms with E-state index in [4.69, 9.17) is 9.47 Å². The van der Waals surface area contributed by atoms with E-state index in [1.807, 2.05) is 0 Å². The highest BCUT2D eigenvalue weighted by Crippen LogP contribution is 2.62. The number of ether oxygens (including phenoxy) is 2. The predicted octanol–water partition coefficient (Wildman–Crippen LogP) is 18.2. The lowest BCUT2D eigenvalue weighted by molar-refractivity contribution is 0.399. The SMILES string of the molecule is c1ccc(-c2cccc(N(c3cccc(-c4ccccc4)c3)c3ccc4c(c3)C3(c5ccccc5Oc5cc(P(c6cccc(-c7ccccc7)c6)c6cccc(-c7ccccc7)c6)ccc53)c3ccccc3O4)c2)cc1. The normalized spacial score (nSPS) is 13.8. The Morgan fingerprint density at radius 1 is 0.234 bits per heavy atom. The Morgan fingerprint density at radius 3 is 1.09 bits per heavy atom. The third-order valence-electron chi connectivity index (χ3n) is 15.1. The van der Waals surface area contributed by atoms with Crippen molar-refractivity contribution in [3.63, 3.8) is 0 Å². The van der Waals surface area contributed by atoms with Crippen LogP contribution in [0.4, 0.5) is 17.1 Å². The average molecular weight is 1000 g/mol. The highest BCUT2D eigenvalue weighted by atomic mass is 31.1. The molecule has 0 saturated carbocycles. The summed E-state index contributed by atoms with van der Waals surface area (Å²) in [6.45, 7) is 0. The Balaban J connectivity index is 0.984. The van der Waals surface area contributed by atoms with Crippen LogP contribution in [0, 0.1) is 0 Å². The molecule has 0 aromatic heterocycles. The van der Waals surface area contributed by atoms with E-state index < -0.39 is 13.3 Å². The van der Waals surface area contributed by atoms with Crippen LogP contribution in [0.5, 0.6) is 23.0 Å². The number of nitrogens with zero attached hydrogens (tertiary/aromatic N) is 1. The van der Waals surface area contributed by atoms with Crippen LogP contribution in [0.15, 0.2) is 303 Å². The van der Waals surface area contributed by atoms with Gasteiger partial charge in [-0.2, -0.15) is 0 Å². The third kappa shape index (κ3) is 8.30. The molecule has 4 heteroatoms. The summed E-state index contributed by atoms with van der Waals surface area (Å²) in [6.07, 6.45) is 0. The summed E-state index contributed by atoms with van der Waals surface area (Å²) in [6, 6.07) is 110. The van der Waals surface area contributed by atoms with Gasteiger partial charge < -0.3 is 14.4 Å². The Kier molecular flexibility index (Phi) is 11.7. The first-order valence-electron chi connectivity index (χ1n) is 26.2. The summed E-state index contributed by atoms with van der Waals surface area (Å²) in [7, 11) is -1.09. The number of benzene rings is 12. The van der Waals surface area contributed by atoms with Crippen molar-refractivity contribution in [2.24, 2.45) is 0 Å². The molecule has 1 unspecified atom stereocenters. The summed E-state index contributed by atoms with van der Waals surface area (Å²) < 4.78 is 14.3. The minimum absolute atomic E-state index is 0.799. The van der Waals surface area contributed by atoms with Crippen molar-refractivity contribution in [2.75, 3.05) is 4.90 Å². The Labute approximate surface area is 451 Å². The zero-order valence-corrected chi connectivity index (χ0v) is 43.0. The summed E-state index contributed by atoms with van der Waals surface area (Å²) >= 11 is 0. The van der Waals surface area contributed by atoms with Gasteiger partial charge in [0.2, 0.25) is 0 Å². The number of anilines is 3. The summed E-state index contributed by atoms with van der Waals surface area (Å²) in [5.74, 6) is 3.26. The Hall–Kier alpha value is -9.53. The topological polar surface area (TPSA) is 21.7 Å². The Morgan fingerprint density at radius 2 is 0.597 bits per heavy atom. The maximum atomic E-state index is 7.27. The lowest BCUT2D eigenvalue weighted by Crippen LogP contribution is -2.37. The molecule has 2 heterocycles. The third-order valence-corrected chi connectivity index (χ3v) is 17.5. The molecule has 14 rings (SSSR count). The number of para-hydroxylation sites is 2. The van der Waals surface area contributed by atoms with E-state index in [2.05, 4.69) is 308 Å². The highest BCUT2D eigenvalue weighted by molar-refractivity contribution is 7.79. The lowest BCUT2D eigenvalue weighted by atomic mass is 9.62. The second-order valence-electron chi connectivity index (χ2n) is 19.6. The second kappa shape index (κ2) is 19.6. The zero-order valence-electron chi connectivity index (χ0n) is 42.1. The van der Waals surface area contributed by atoms with Crippen molar-refractivity contribution in [2.45, 2.75) is 5.41 Å². The van der Waals surface area contributed by atoms with E-state index in [9.17, 15) is 0 Å². The Bertz CT molecular complexity index is 3950. The molecule has 0 saturated heterocycles. The smallest absolute Gasteiger partial charge is 0.132 e. The zero-order chi connectivity index (χ0) is 51.1. The van der Waals surface area contributed by atoms with E-state index in [0.717, 1.165) is 84.6 Å². The molecular weight excluding hydrogens is 954 g/mol. The van der Waals surface area contributed by atoms with Crippen LogP contribution >= 0.6 is 7.92 Å². The highest BCUT2D eigenvalue weighted by Gasteiger charge is 2.51. The maximum Gasteiger partial charge on any atom is 0.132 e. The van der Waals surface area contributed by atoms with Gasteiger partial charge in [0.15, 0.2) is 0 Å². The monoisotopic (exact) mass is 1000 g/mol. The standard InChI is InChI=1S/C73H50NO2P/c1-5-21-51(22-6-1)55-29-17-33-59(45-55)74(60-34-18-30-56(46-60)52-23-7-2-8-24-52)61-41-44-71-68(49-61)73(65-37-13-15-39-69(65)75-71)66-38-14-16-40-70(66)76-72-50-64(42-43-67(72)73)77(62-35-19-31-57(47-62)53-25-9-3-10-26-53)63-36-20-32-58(48-63)54-27-11-4-12-28-54/h1-50H. The summed E-state index contributed by atoms with van der Waals surface area (Å²) in [5, 5.41) is 3.72. The first-order valence-corrected chi connectivity index (χ1v) is 27.6. The quantitative estimate of drug-likeness (QED) is 0.127. The second-order valence-corrected chi connectivity index (χ2v) is 21.9. The van der Waals surface area contributed by atoms with Crippen LogP contribution in [0.1, 0.15) is 22.3 Å². The van der Waals surface area contributed by atoms with Gasteiger partial charge in [0.25, 0.3) is 0 Å². The molecule has 3 nitrogen and oxygen atoms in total. The van der Waals surface area contributed by atoms with Gasteiger partial charge in [-0.3, -0.25) is 0 Å². The van der Waals surface area contributed by atoms with Crippen LogP contribution in [-0.2, 0) is 5.41 Å². The minimum Gasteiger partial charge on any atom is -0.457 e. The molecular formula is C73H50NO2P. The van der Waals surface area contributed by atoms with Crippen LogP contribution < -0.4 is 30.3 Å². The van der Waals surface area contributed by atoms with Crippen LogP contribution in [-0.4, -0.2) is 0 Å². The van der Waals surface area contributed by atoms with Crippen LogP contribution in [0.2, 0.25) is 0 Å². The van der Waals surface area contributed by atoms with Gasteiger partial charge in [0.1, 0.15) is 23.0 Å². The van der Waals surface area contributed by atoms with Gasteiger partial charge in [-0.15, -0.1) is 0 Å². The number of hydrogen-bond acceptors (Lipinski definition) is 3. The molecule has 0 amide bonds. The number of fused-ring (bicyclic) bond motifs is 8. The molecule has 1 spiro atoms. The molecule has 2 aliphatic rings. The molecule has 12 aromatic carbocycles. The summed E-state index contributed by atoms with van der Waals surface area (Å²) in [5.41, 5.74) is 15.8. The van der Waals surface area contributed by atoms with Gasteiger partial charge in [0.05, 0.1) is 5.41 Å². The van der Waals surface area contributed by atoms with Gasteiger partial charge in [-0.1, -0.05) is 231 Å². The molecule has 1 atom stereocenters. The number of hydrogen-bond donors (Lipinski definition) is 0. The fourth-order valence-corrected chi connectivity index (χ4v) is 14.0. The van der Waals surface area contributed by atoms with Gasteiger partial charge >= 0.3 is 0 Å². The average Bonchev–Trinajstić information content (AvgIpc) is 3.69. The van der Waals surface area contributed by atoms with Crippen molar-refractivity contribution in [3.05, 3.63) is 326 Å². The van der Waals surface area contributed by atoms with Crippen LogP contribution in [0.3, 0.4) is 0 Å². The fourth-order valence-electron chi connectivity index (χ4n) is 11.6.